The highest BCUT2D eigenvalue weighted by atomic mass is 16.5. The molecule has 3 aromatic rings. The Kier molecular flexibility index (Phi) is 11.8. The van der Waals surface area contributed by atoms with Crippen LogP contribution in [-0.4, -0.2) is 47.4 Å². The summed E-state index contributed by atoms with van der Waals surface area (Å²) in [4.78, 5) is 23.9. The summed E-state index contributed by atoms with van der Waals surface area (Å²) in [5, 5.41) is 24.4. The quantitative estimate of drug-likeness (QED) is 0.216. The molecule has 0 saturated heterocycles. The molecule has 0 bridgehead atoms. The molecule has 3 aromatic carbocycles. The predicted molar refractivity (Wildman–Crippen MR) is 151 cm³/mol. The third-order valence-electron chi connectivity index (χ3n) is 7.03. The van der Waals surface area contributed by atoms with Crippen LogP contribution >= 0.6 is 0 Å². The molecule has 2 atom stereocenters. The van der Waals surface area contributed by atoms with Crippen molar-refractivity contribution in [2.45, 2.75) is 77.4 Å². The van der Waals surface area contributed by atoms with Crippen LogP contribution in [0.4, 0.5) is 0 Å². The normalized spacial score (nSPS) is 12.8. The minimum atomic E-state index is -1.89. The van der Waals surface area contributed by atoms with Gasteiger partial charge in [-0.3, -0.25) is 4.79 Å². The first kappa shape index (κ1) is 29.3. The molecular weight excluding hydrogens is 478 g/mol. The Bertz CT molecular complexity index is 1190. The van der Waals surface area contributed by atoms with E-state index in [4.69, 9.17) is 4.74 Å². The monoisotopic (exact) mass is 519 g/mol. The molecule has 0 aliphatic heterocycles. The van der Waals surface area contributed by atoms with Gasteiger partial charge in [0.2, 0.25) is 0 Å². The number of rotatable bonds is 16. The highest BCUT2D eigenvalue weighted by Gasteiger charge is 2.32. The van der Waals surface area contributed by atoms with Crippen LogP contribution < -0.4 is 5.32 Å². The number of aliphatic hydroxyl groups excluding tert-OH is 1. The topological polar surface area (TPSA) is 95.9 Å². The van der Waals surface area contributed by atoms with Crippen molar-refractivity contribution >= 4 is 22.6 Å². The van der Waals surface area contributed by atoms with Gasteiger partial charge in [0.1, 0.15) is 0 Å². The van der Waals surface area contributed by atoms with Crippen molar-refractivity contribution in [2.75, 3.05) is 13.2 Å². The van der Waals surface area contributed by atoms with Gasteiger partial charge in [-0.15, -0.1) is 0 Å². The average molecular weight is 520 g/mol. The minimum absolute atomic E-state index is 0.223. The molecule has 0 heterocycles. The SMILES string of the molecule is Cc1ccc(CCCCCOC(C(=O)NCCCCCc2ccc3ccccc3c2)C(O)C(=O)O)cc1C. The second-order valence-corrected chi connectivity index (χ2v) is 10.1. The molecule has 6 nitrogen and oxygen atoms in total. The van der Waals surface area contributed by atoms with Gasteiger partial charge in [0.05, 0.1) is 0 Å². The van der Waals surface area contributed by atoms with Gasteiger partial charge in [0, 0.05) is 13.2 Å². The van der Waals surface area contributed by atoms with Gasteiger partial charge in [-0.2, -0.15) is 0 Å². The highest BCUT2D eigenvalue weighted by Crippen LogP contribution is 2.17. The van der Waals surface area contributed by atoms with Gasteiger partial charge < -0.3 is 20.3 Å². The minimum Gasteiger partial charge on any atom is -0.479 e. The summed E-state index contributed by atoms with van der Waals surface area (Å²) < 4.78 is 5.54. The van der Waals surface area contributed by atoms with E-state index < -0.39 is 24.1 Å². The predicted octanol–water partition coefficient (Wildman–Crippen LogP) is 5.53. The Morgan fingerprint density at radius 1 is 0.789 bits per heavy atom. The maximum Gasteiger partial charge on any atom is 0.335 e. The van der Waals surface area contributed by atoms with E-state index in [1.165, 1.54) is 33.0 Å². The summed E-state index contributed by atoms with van der Waals surface area (Å²) >= 11 is 0. The number of carbonyl (C=O) groups excluding carboxylic acids is 1. The van der Waals surface area contributed by atoms with Crippen LogP contribution in [0.1, 0.15) is 60.8 Å². The first-order valence-corrected chi connectivity index (χ1v) is 13.7. The molecule has 6 heteroatoms. The molecule has 0 fully saturated rings. The molecule has 0 saturated carbocycles. The second kappa shape index (κ2) is 15.3. The van der Waals surface area contributed by atoms with E-state index in [0.29, 0.717) is 13.0 Å². The Morgan fingerprint density at radius 3 is 2.16 bits per heavy atom. The number of aliphatic hydroxyl groups is 1. The fourth-order valence-corrected chi connectivity index (χ4v) is 4.55. The molecule has 204 valence electrons. The number of carboxylic acid groups (broad SMARTS) is 1. The number of nitrogens with one attached hydrogen (secondary N) is 1. The van der Waals surface area contributed by atoms with E-state index in [-0.39, 0.29) is 6.61 Å². The number of aryl methyl sites for hydroxylation is 4. The standard InChI is InChI=1S/C32H41NO5/c1-23-15-16-25(21-24(23)2)11-6-4-10-20-38-30(29(34)32(36)37)31(35)33-19-9-3-5-12-26-17-18-27-13-7-8-14-28(27)22-26/h7-8,13-18,21-22,29-30,34H,3-6,9-12,19-20H2,1-2H3,(H,33,35)(H,36,37). The van der Waals surface area contributed by atoms with Crippen LogP contribution in [0.15, 0.2) is 60.7 Å². The van der Waals surface area contributed by atoms with E-state index in [1.807, 2.05) is 12.1 Å². The van der Waals surface area contributed by atoms with Crippen molar-refractivity contribution in [2.24, 2.45) is 0 Å². The largest absolute Gasteiger partial charge is 0.479 e. The van der Waals surface area contributed by atoms with Crippen molar-refractivity contribution in [3.05, 3.63) is 82.9 Å². The average Bonchev–Trinajstić information content (AvgIpc) is 2.91. The second-order valence-electron chi connectivity index (χ2n) is 10.1. The number of hydrogen-bond donors (Lipinski definition) is 3. The Hall–Kier alpha value is -3.22. The molecule has 0 spiro atoms. The maximum absolute atomic E-state index is 12.6. The molecule has 1 amide bonds. The van der Waals surface area contributed by atoms with Gasteiger partial charge in [-0.25, -0.2) is 4.79 Å². The summed E-state index contributed by atoms with van der Waals surface area (Å²) in [6, 6.07) is 21.3. The number of ether oxygens (including phenoxy) is 1. The van der Waals surface area contributed by atoms with Crippen LogP contribution in [-0.2, 0) is 27.2 Å². The third-order valence-corrected chi connectivity index (χ3v) is 7.03. The number of aliphatic carboxylic acids is 1. The first-order chi connectivity index (χ1) is 18.3. The number of amides is 1. The Labute approximate surface area is 226 Å². The molecule has 0 radical (unpaired) electrons. The van der Waals surface area contributed by atoms with Crippen LogP contribution in [0, 0.1) is 13.8 Å². The van der Waals surface area contributed by atoms with E-state index >= 15 is 0 Å². The lowest BCUT2D eigenvalue weighted by molar-refractivity contribution is -0.162. The van der Waals surface area contributed by atoms with Crippen molar-refractivity contribution in [1.82, 2.24) is 5.32 Å². The van der Waals surface area contributed by atoms with Crippen LogP contribution in [0.2, 0.25) is 0 Å². The molecule has 0 aliphatic carbocycles. The maximum atomic E-state index is 12.6. The molecule has 2 unspecified atom stereocenters. The number of benzene rings is 3. The van der Waals surface area contributed by atoms with Gasteiger partial charge in [0.25, 0.3) is 5.91 Å². The summed E-state index contributed by atoms with van der Waals surface area (Å²) in [6.07, 6.45) is 3.88. The van der Waals surface area contributed by atoms with Crippen LogP contribution in [0.25, 0.3) is 10.8 Å². The van der Waals surface area contributed by atoms with Crippen molar-refractivity contribution < 1.29 is 24.5 Å². The van der Waals surface area contributed by atoms with E-state index in [0.717, 1.165) is 44.9 Å². The highest BCUT2D eigenvalue weighted by molar-refractivity contribution is 5.88. The Balaban J connectivity index is 1.33. The summed E-state index contributed by atoms with van der Waals surface area (Å²) in [5.41, 5.74) is 5.15. The number of carboxylic acids is 1. The van der Waals surface area contributed by atoms with Gasteiger partial charge in [0.15, 0.2) is 12.2 Å². The molecular formula is C32H41NO5. The summed E-state index contributed by atoms with van der Waals surface area (Å²) in [7, 11) is 0. The fourth-order valence-electron chi connectivity index (χ4n) is 4.55. The summed E-state index contributed by atoms with van der Waals surface area (Å²) in [5.74, 6) is -2.04. The molecule has 3 N–H and O–H groups in total. The van der Waals surface area contributed by atoms with E-state index in [1.54, 1.807) is 0 Å². The van der Waals surface area contributed by atoms with Crippen molar-refractivity contribution in [3.63, 3.8) is 0 Å². The fraction of sp³-hybridized carbons (Fsp3) is 0.438. The molecule has 0 aromatic heterocycles. The number of fused-ring (bicyclic) bond motifs is 1. The van der Waals surface area contributed by atoms with Gasteiger partial charge >= 0.3 is 5.97 Å². The Morgan fingerprint density at radius 2 is 1.45 bits per heavy atom. The molecule has 0 aliphatic rings. The number of carbonyl (C=O) groups is 2. The van der Waals surface area contributed by atoms with E-state index in [2.05, 4.69) is 67.7 Å². The van der Waals surface area contributed by atoms with Crippen LogP contribution in [0.5, 0.6) is 0 Å². The summed E-state index contributed by atoms with van der Waals surface area (Å²) in [6.45, 7) is 4.85. The lowest BCUT2D eigenvalue weighted by Gasteiger charge is -2.20. The van der Waals surface area contributed by atoms with Crippen molar-refractivity contribution in [3.8, 4) is 0 Å². The van der Waals surface area contributed by atoms with Crippen molar-refractivity contribution in [1.29, 1.82) is 0 Å². The molecule has 38 heavy (non-hydrogen) atoms. The van der Waals surface area contributed by atoms with Gasteiger partial charge in [-0.05, 0) is 85.4 Å². The van der Waals surface area contributed by atoms with Crippen LogP contribution in [0.3, 0.4) is 0 Å². The zero-order valence-electron chi connectivity index (χ0n) is 22.6. The van der Waals surface area contributed by atoms with Gasteiger partial charge in [-0.1, -0.05) is 73.5 Å². The number of hydrogen-bond acceptors (Lipinski definition) is 4. The number of unbranched alkanes of at least 4 members (excludes halogenated alkanes) is 4. The first-order valence-electron chi connectivity index (χ1n) is 13.7. The third kappa shape index (κ3) is 9.26. The molecule has 3 rings (SSSR count). The smallest absolute Gasteiger partial charge is 0.335 e. The zero-order valence-corrected chi connectivity index (χ0v) is 22.6. The lowest BCUT2D eigenvalue weighted by atomic mass is 10.0. The lowest BCUT2D eigenvalue weighted by Crippen LogP contribution is -2.47. The van der Waals surface area contributed by atoms with E-state index in [9.17, 15) is 19.8 Å². The zero-order chi connectivity index (χ0) is 27.3.